The number of nitrogens with one attached hydrogen (secondary N) is 1. The number of hydrogen-bond acceptors (Lipinski definition) is 1. The zero-order valence-corrected chi connectivity index (χ0v) is 11.5. The molecule has 0 aromatic heterocycles. The van der Waals surface area contributed by atoms with Crippen molar-refractivity contribution < 1.29 is 0 Å². The lowest BCUT2D eigenvalue weighted by Crippen LogP contribution is -2.31. The standard InChI is InChI=1S/C14H17Cl2N/c1-3-5-7-11(17-4-2)10-12-13(15)8-6-9-14(12)16/h1,6,8-9,11,17H,4-5,7,10H2,2H3. The van der Waals surface area contributed by atoms with E-state index in [0.717, 1.165) is 41.4 Å². The molecular weight excluding hydrogens is 253 g/mol. The number of terminal acetylenes is 1. The van der Waals surface area contributed by atoms with Gasteiger partial charge in [-0.25, -0.2) is 0 Å². The van der Waals surface area contributed by atoms with Gasteiger partial charge >= 0.3 is 0 Å². The van der Waals surface area contributed by atoms with Crippen LogP contribution in [0.2, 0.25) is 10.0 Å². The zero-order chi connectivity index (χ0) is 12.7. The Morgan fingerprint density at radius 2 is 2.00 bits per heavy atom. The van der Waals surface area contributed by atoms with Crippen LogP contribution in [-0.4, -0.2) is 12.6 Å². The van der Waals surface area contributed by atoms with Gasteiger partial charge in [0.25, 0.3) is 0 Å². The van der Waals surface area contributed by atoms with Crippen LogP contribution in [0.15, 0.2) is 18.2 Å². The van der Waals surface area contributed by atoms with Gasteiger partial charge in [-0.05, 0) is 37.1 Å². The summed E-state index contributed by atoms with van der Waals surface area (Å²) in [7, 11) is 0. The summed E-state index contributed by atoms with van der Waals surface area (Å²) in [6, 6.07) is 5.92. The molecule has 92 valence electrons. The van der Waals surface area contributed by atoms with Crippen molar-refractivity contribution in [2.45, 2.75) is 32.2 Å². The summed E-state index contributed by atoms with van der Waals surface area (Å²) in [6.07, 6.45) is 7.81. The van der Waals surface area contributed by atoms with Crippen LogP contribution >= 0.6 is 23.2 Å². The Balaban J connectivity index is 2.75. The van der Waals surface area contributed by atoms with Gasteiger partial charge in [-0.2, -0.15) is 0 Å². The Labute approximate surface area is 114 Å². The second-order valence-corrected chi connectivity index (χ2v) is 4.72. The minimum Gasteiger partial charge on any atom is -0.314 e. The fraction of sp³-hybridized carbons (Fsp3) is 0.429. The largest absolute Gasteiger partial charge is 0.314 e. The average Bonchev–Trinajstić information content (AvgIpc) is 2.31. The van der Waals surface area contributed by atoms with Crippen LogP contribution in [0.5, 0.6) is 0 Å². The van der Waals surface area contributed by atoms with Crippen LogP contribution < -0.4 is 5.32 Å². The first-order valence-electron chi connectivity index (χ1n) is 5.78. The van der Waals surface area contributed by atoms with Crippen molar-refractivity contribution in [2.24, 2.45) is 0 Å². The lowest BCUT2D eigenvalue weighted by molar-refractivity contribution is 0.497. The zero-order valence-electron chi connectivity index (χ0n) is 9.97. The summed E-state index contributed by atoms with van der Waals surface area (Å²) in [6.45, 7) is 2.99. The van der Waals surface area contributed by atoms with Crippen LogP contribution in [-0.2, 0) is 6.42 Å². The van der Waals surface area contributed by atoms with E-state index >= 15 is 0 Å². The fourth-order valence-electron chi connectivity index (χ4n) is 1.80. The van der Waals surface area contributed by atoms with Crippen molar-refractivity contribution in [3.05, 3.63) is 33.8 Å². The summed E-state index contributed by atoms with van der Waals surface area (Å²) in [4.78, 5) is 0. The van der Waals surface area contributed by atoms with Crippen molar-refractivity contribution in [1.82, 2.24) is 5.32 Å². The molecule has 0 spiro atoms. The van der Waals surface area contributed by atoms with Gasteiger partial charge < -0.3 is 5.32 Å². The Kier molecular flexibility index (Phi) is 6.44. The molecule has 1 nitrogen and oxygen atoms in total. The molecule has 0 amide bonds. The van der Waals surface area contributed by atoms with E-state index in [4.69, 9.17) is 29.6 Å². The highest BCUT2D eigenvalue weighted by Crippen LogP contribution is 2.26. The third kappa shape index (κ3) is 4.60. The molecule has 3 heteroatoms. The smallest absolute Gasteiger partial charge is 0.0453 e. The minimum atomic E-state index is 0.327. The van der Waals surface area contributed by atoms with Crippen molar-refractivity contribution in [3.8, 4) is 12.3 Å². The first-order chi connectivity index (χ1) is 8.19. The van der Waals surface area contributed by atoms with Crippen LogP contribution in [0.4, 0.5) is 0 Å². The Hall–Kier alpha value is -0.680. The van der Waals surface area contributed by atoms with Crippen molar-refractivity contribution in [3.63, 3.8) is 0 Å². The van der Waals surface area contributed by atoms with Gasteiger partial charge in [0.05, 0.1) is 0 Å². The third-order valence-corrected chi connectivity index (χ3v) is 3.35. The second kappa shape index (κ2) is 7.61. The molecule has 0 bridgehead atoms. The average molecular weight is 270 g/mol. The third-order valence-electron chi connectivity index (χ3n) is 2.64. The maximum atomic E-state index is 6.16. The van der Waals surface area contributed by atoms with Gasteiger partial charge in [-0.15, -0.1) is 12.3 Å². The van der Waals surface area contributed by atoms with Crippen molar-refractivity contribution in [1.29, 1.82) is 0 Å². The van der Waals surface area contributed by atoms with Crippen molar-refractivity contribution in [2.75, 3.05) is 6.54 Å². The van der Waals surface area contributed by atoms with Gasteiger partial charge in [-0.3, -0.25) is 0 Å². The maximum absolute atomic E-state index is 6.16. The highest BCUT2D eigenvalue weighted by molar-refractivity contribution is 6.35. The van der Waals surface area contributed by atoms with Gasteiger partial charge in [0.1, 0.15) is 0 Å². The predicted molar refractivity (Wildman–Crippen MR) is 75.7 cm³/mol. The van der Waals surface area contributed by atoms with E-state index in [0.29, 0.717) is 6.04 Å². The Bertz CT molecular complexity index is 375. The van der Waals surface area contributed by atoms with E-state index in [-0.39, 0.29) is 0 Å². The number of hydrogen-bond donors (Lipinski definition) is 1. The molecular formula is C14H17Cl2N. The summed E-state index contributed by atoms with van der Waals surface area (Å²) < 4.78 is 0. The summed E-state index contributed by atoms with van der Waals surface area (Å²) in [5.41, 5.74) is 0.999. The summed E-state index contributed by atoms with van der Waals surface area (Å²) >= 11 is 12.3. The predicted octanol–water partition coefficient (Wildman–Crippen LogP) is 3.93. The molecule has 1 N–H and O–H groups in total. The van der Waals surface area contributed by atoms with Gasteiger partial charge in [0.15, 0.2) is 0 Å². The maximum Gasteiger partial charge on any atom is 0.0453 e. The lowest BCUT2D eigenvalue weighted by atomic mass is 10.0. The van der Waals surface area contributed by atoms with E-state index in [9.17, 15) is 0 Å². The molecule has 0 heterocycles. The monoisotopic (exact) mass is 269 g/mol. The van der Waals surface area contributed by atoms with Crippen LogP contribution in [0.25, 0.3) is 0 Å². The molecule has 0 saturated carbocycles. The summed E-state index contributed by atoms with van der Waals surface area (Å²) in [5.74, 6) is 2.67. The Morgan fingerprint density at radius 1 is 1.35 bits per heavy atom. The SMILES string of the molecule is C#CCCC(Cc1c(Cl)cccc1Cl)NCC. The van der Waals surface area contributed by atoms with E-state index in [1.165, 1.54) is 0 Å². The van der Waals surface area contributed by atoms with Crippen LogP contribution in [0.3, 0.4) is 0 Å². The van der Waals surface area contributed by atoms with Gasteiger partial charge in [0.2, 0.25) is 0 Å². The first kappa shape index (κ1) is 14.4. The van der Waals surface area contributed by atoms with E-state index in [1.54, 1.807) is 0 Å². The lowest BCUT2D eigenvalue weighted by Gasteiger charge is -2.18. The van der Waals surface area contributed by atoms with Gasteiger partial charge in [0, 0.05) is 22.5 Å². The molecule has 0 saturated heterocycles. The molecule has 1 atom stereocenters. The van der Waals surface area contributed by atoms with Crippen LogP contribution in [0.1, 0.15) is 25.3 Å². The highest BCUT2D eigenvalue weighted by Gasteiger charge is 2.12. The van der Waals surface area contributed by atoms with E-state index < -0.39 is 0 Å². The normalized spacial score (nSPS) is 12.1. The minimum absolute atomic E-state index is 0.327. The number of benzene rings is 1. The van der Waals surface area contributed by atoms with Gasteiger partial charge in [-0.1, -0.05) is 36.2 Å². The molecule has 17 heavy (non-hydrogen) atoms. The molecule has 0 radical (unpaired) electrons. The fourth-order valence-corrected chi connectivity index (χ4v) is 2.35. The molecule has 0 aliphatic rings. The van der Waals surface area contributed by atoms with E-state index in [1.807, 2.05) is 18.2 Å². The quantitative estimate of drug-likeness (QED) is 0.772. The summed E-state index contributed by atoms with van der Waals surface area (Å²) in [5, 5.41) is 4.85. The number of halogens is 2. The molecule has 0 aliphatic carbocycles. The van der Waals surface area contributed by atoms with Crippen molar-refractivity contribution >= 4 is 23.2 Å². The molecule has 0 aliphatic heterocycles. The first-order valence-corrected chi connectivity index (χ1v) is 6.54. The highest BCUT2D eigenvalue weighted by atomic mass is 35.5. The number of likely N-dealkylation sites (N-methyl/N-ethyl adjacent to an activating group) is 1. The number of rotatable bonds is 6. The molecule has 1 rings (SSSR count). The van der Waals surface area contributed by atoms with E-state index in [2.05, 4.69) is 18.2 Å². The molecule has 1 aromatic rings. The van der Waals surface area contributed by atoms with Crippen LogP contribution in [0, 0.1) is 12.3 Å². The molecule has 1 aromatic carbocycles. The second-order valence-electron chi connectivity index (χ2n) is 3.90. The molecule has 1 unspecified atom stereocenters. The topological polar surface area (TPSA) is 12.0 Å². The Morgan fingerprint density at radius 3 is 2.53 bits per heavy atom. The molecule has 0 fully saturated rings.